The average molecular weight is 702 g/mol. The van der Waals surface area contributed by atoms with Gasteiger partial charge in [-0.25, -0.2) is 14.6 Å². The summed E-state index contributed by atoms with van der Waals surface area (Å²) in [7, 11) is 0. The summed E-state index contributed by atoms with van der Waals surface area (Å²) in [6, 6.07) is 26.0. The third kappa shape index (κ3) is 16.7. The molecule has 1 heterocycles. The Morgan fingerprint density at radius 1 is 0.804 bits per heavy atom. The van der Waals surface area contributed by atoms with Gasteiger partial charge in [-0.15, -0.1) is 13.2 Å². The zero-order valence-corrected chi connectivity index (χ0v) is 29.5. The summed E-state index contributed by atoms with van der Waals surface area (Å²) in [5, 5.41) is 27.4. The number of aliphatic carboxylic acids is 3. The van der Waals surface area contributed by atoms with E-state index in [1.807, 2.05) is 74.5 Å². The molecule has 11 nitrogen and oxygen atoms in total. The number of hydrogen-bond acceptors (Lipinski definition) is 8. The van der Waals surface area contributed by atoms with Gasteiger partial charge in [0.1, 0.15) is 36.2 Å². The van der Waals surface area contributed by atoms with Crippen molar-refractivity contribution >= 4 is 28.8 Å². The van der Waals surface area contributed by atoms with Crippen molar-refractivity contribution in [2.24, 2.45) is 0 Å². The van der Waals surface area contributed by atoms with E-state index in [1.165, 1.54) is 0 Å². The van der Waals surface area contributed by atoms with E-state index in [4.69, 9.17) is 29.2 Å². The highest BCUT2D eigenvalue weighted by Gasteiger charge is 2.20. The fourth-order valence-corrected chi connectivity index (χ4v) is 4.12. The van der Waals surface area contributed by atoms with Crippen molar-refractivity contribution in [1.82, 2.24) is 4.98 Å². The Hall–Kier alpha value is -6.10. The highest BCUT2D eigenvalue weighted by Crippen LogP contribution is 2.23. The van der Waals surface area contributed by atoms with Crippen molar-refractivity contribution < 1.29 is 48.7 Å². The molecular weight excluding hydrogens is 654 g/mol. The fraction of sp³-hybridized carbons (Fsp3) is 0.250. The predicted octanol–water partition coefficient (Wildman–Crippen LogP) is 8.49. The van der Waals surface area contributed by atoms with Gasteiger partial charge in [-0.05, 0) is 67.5 Å². The van der Waals surface area contributed by atoms with E-state index in [9.17, 15) is 19.5 Å². The minimum absolute atomic E-state index is 0.132. The molecule has 4 rings (SSSR count). The number of hydrogen-bond donors (Lipinski definition) is 3. The summed E-state index contributed by atoms with van der Waals surface area (Å²) in [6.07, 6.45) is 0.0102. The van der Waals surface area contributed by atoms with Crippen molar-refractivity contribution in [2.75, 3.05) is 6.61 Å². The first-order valence-corrected chi connectivity index (χ1v) is 16.1. The Labute approximate surface area is 299 Å². The molecule has 0 aliphatic heterocycles. The van der Waals surface area contributed by atoms with Crippen LogP contribution in [0.25, 0.3) is 10.9 Å². The molecule has 1 atom stereocenters. The number of aromatic nitrogens is 1. The van der Waals surface area contributed by atoms with Gasteiger partial charge in [-0.3, -0.25) is 4.79 Å². The maximum Gasteiger partial charge on any atom is 0.344 e. The number of allylic oxidation sites excluding steroid dienone is 2. The number of fused-ring (bicyclic) bond motifs is 1. The van der Waals surface area contributed by atoms with Gasteiger partial charge in [-0.1, -0.05) is 62.9 Å². The normalized spacial score (nSPS) is 10.7. The third-order valence-electron chi connectivity index (χ3n) is 6.36. The van der Waals surface area contributed by atoms with Crippen molar-refractivity contribution in [3.05, 3.63) is 133 Å². The van der Waals surface area contributed by atoms with E-state index < -0.39 is 24.0 Å². The maximum absolute atomic E-state index is 11.4. The SMILES string of the molecule is C=C.C=C(C)/C(=C/C)OCC(=O)O.CC.O=C(O)CCC(Oc1cccc(COc2cccc(OCc3ccc4ccccc4n3)c2)c1)C(=O)O. The average Bonchev–Trinajstić information content (AvgIpc) is 3.13. The van der Waals surface area contributed by atoms with Crippen LogP contribution in [0.2, 0.25) is 0 Å². The van der Waals surface area contributed by atoms with E-state index >= 15 is 0 Å². The molecular formula is C40H47NO10. The summed E-state index contributed by atoms with van der Waals surface area (Å²) >= 11 is 0. The Bertz CT molecular complexity index is 1730. The van der Waals surface area contributed by atoms with Gasteiger partial charge in [-0.2, -0.15) is 0 Å². The first-order valence-electron chi connectivity index (χ1n) is 16.1. The molecule has 51 heavy (non-hydrogen) atoms. The first-order chi connectivity index (χ1) is 24.5. The van der Waals surface area contributed by atoms with Crippen LogP contribution < -0.4 is 14.2 Å². The molecule has 0 bridgehead atoms. The van der Waals surface area contributed by atoms with Crippen molar-refractivity contribution in [1.29, 1.82) is 0 Å². The number of para-hydroxylation sites is 1. The lowest BCUT2D eigenvalue weighted by atomic mass is 10.2. The number of carboxylic acids is 3. The molecule has 3 aromatic carbocycles. The molecule has 11 heteroatoms. The molecule has 0 saturated heterocycles. The standard InChI is InChI=1S/C28H25NO7.C8H12O3.C2H6.C2H4/c30-27(31)14-13-26(28(32)33)36-24-9-3-5-19(15-24)17-34-22-7-4-8-23(16-22)35-18-21-12-11-20-6-1-2-10-25(20)29-21;1-4-7(6(2)3)11-5-8(9)10;2*1-2/h1-12,15-16,26H,13-14,17-18H2,(H,30,31)(H,32,33);4H,2,5H2,1,3H3,(H,9,10);1-2H3;1-2H2/b;7-4-;;. The van der Waals surface area contributed by atoms with Crippen LogP contribution in [0.3, 0.4) is 0 Å². The summed E-state index contributed by atoms with van der Waals surface area (Å²) in [5.41, 5.74) is 3.23. The van der Waals surface area contributed by atoms with Gasteiger partial charge < -0.3 is 34.3 Å². The Morgan fingerprint density at radius 2 is 1.43 bits per heavy atom. The van der Waals surface area contributed by atoms with Gasteiger partial charge in [0.25, 0.3) is 0 Å². The monoisotopic (exact) mass is 701 g/mol. The van der Waals surface area contributed by atoms with E-state index in [2.05, 4.69) is 24.7 Å². The molecule has 1 unspecified atom stereocenters. The van der Waals surface area contributed by atoms with Crippen LogP contribution in [0.5, 0.6) is 17.2 Å². The van der Waals surface area contributed by atoms with Crippen molar-refractivity contribution in [3.63, 3.8) is 0 Å². The Kier molecular flexibility index (Phi) is 20.3. The number of ether oxygens (including phenoxy) is 4. The molecule has 3 N–H and O–H groups in total. The van der Waals surface area contributed by atoms with E-state index in [0.717, 1.165) is 27.7 Å². The zero-order chi connectivity index (χ0) is 38.2. The van der Waals surface area contributed by atoms with Gasteiger partial charge >= 0.3 is 17.9 Å². The zero-order valence-electron chi connectivity index (χ0n) is 29.5. The van der Waals surface area contributed by atoms with Crippen molar-refractivity contribution in [2.45, 2.75) is 59.9 Å². The summed E-state index contributed by atoms with van der Waals surface area (Å²) in [6.45, 7) is 17.4. The molecule has 272 valence electrons. The largest absolute Gasteiger partial charge is 0.489 e. The van der Waals surface area contributed by atoms with Crippen LogP contribution in [-0.4, -0.2) is 50.9 Å². The lowest BCUT2D eigenvalue weighted by molar-refractivity contribution is -0.146. The number of carbonyl (C=O) groups is 3. The Morgan fingerprint density at radius 3 is 2.04 bits per heavy atom. The van der Waals surface area contributed by atoms with Gasteiger partial charge in [0, 0.05) is 24.3 Å². The van der Waals surface area contributed by atoms with Gasteiger partial charge in [0.2, 0.25) is 0 Å². The molecule has 1 aromatic heterocycles. The summed E-state index contributed by atoms with van der Waals surface area (Å²) < 4.78 is 22.2. The van der Waals surface area contributed by atoms with Crippen LogP contribution in [0.15, 0.2) is 122 Å². The molecule has 0 saturated carbocycles. The Balaban J connectivity index is 0.000000737. The second-order valence-electron chi connectivity index (χ2n) is 10.2. The van der Waals surface area contributed by atoms with Crippen LogP contribution in [-0.2, 0) is 32.3 Å². The molecule has 0 amide bonds. The fourth-order valence-electron chi connectivity index (χ4n) is 4.12. The molecule has 0 aliphatic rings. The smallest absolute Gasteiger partial charge is 0.344 e. The molecule has 0 spiro atoms. The highest BCUT2D eigenvalue weighted by atomic mass is 16.5. The van der Waals surface area contributed by atoms with Crippen LogP contribution in [0.1, 0.15) is 51.8 Å². The second kappa shape index (κ2) is 24.1. The third-order valence-corrected chi connectivity index (χ3v) is 6.36. The number of rotatable bonds is 16. The van der Waals surface area contributed by atoms with Crippen LogP contribution >= 0.6 is 0 Å². The van der Waals surface area contributed by atoms with E-state index in [-0.39, 0.29) is 26.1 Å². The predicted molar refractivity (Wildman–Crippen MR) is 197 cm³/mol. The quantitative estimate of drug-likeness (QED) is 0.0583. The van der Waals surface area contributed by atoms with Crippen molar-refractivity contribution in [3.8, 4) is 17.2 Å². The number of benzene rings is 3. The maximum atomic E-state index is 11.4. The number of nitrogens with zero attached hydrogens (tertiary/aromatic N) is 1. The minimum atomic E-state index is -1.25. The summed E-state index contributed by atoms with van der Waals surface area (Å²) in [5.74, 6) is -1.16. The van der Waals surface area contributed by atoms with E-state index in [0.29, 0.717) is 29.6 Å². The molecule has 0 fully saturated rings. The molecule has 0 radical (unpaired) electrons. The highest BCUT2D eigenvalue weighted by molar-refractivity contribution is 5.78. The molecule has 0 aliphatic carbocycles. The number of carboxylic acid groups (broad SMARTS) is 3. The second-order valence-corrected chi connectivity index (χ2v) is 10.2. The van der Waals surface area contributed by atoms with Gasteiger partial charge in [0.05, 0.1) is 11.2 Å². The molecule has 4 aromatic rings. The van der Waals surface area contributed by atoms with Gasteiger partial charge in [0.15, 0.2) is 12.7 Å². The topological polar surface area (TPSA) is 162 Å². The van der Waals surface area contributed by atoms with Crippen LogP contribution in [0.4, 0.5) is 0 Å². The lowest BCUT2D eigenvalue weighted by Crippen LogP contribution is -2.27. The van der Waals surface area contributed by atoms with E-state index in [1.54, 1.807) is 44.2 Å². The minimum Gasteiger partial charge on any atom is -0.489 e. The number of pyridine rings is 1. The summed E-state index contributed by atoms with van der Waals surface area (Å²) in [4.78, 5) is 36.8. The first kappa shape index (κ1) is 42.9. The lowest BCUT2D eigenvalue weighted by Gasteiger charge is -2.15. The van der Waals surface area contributed by atoms with Crippen LogP contribution in [0, 0.1) is 0 Å².